The van der Waals surface area contributed by atoms with E-state index in [1.165, 1.54) is 0 Å². The number of nitrogens with two attached hydrogens (primary N) is 1. The molecule has 0 aliphatic carbocycles. The van der Waals surface area contributed by atoms with Crippen LogP contribution in [0.3, 0.4) is 0 Å². The van der Waals surface area contributed by atoms with Crippen LogP contribution in [0.15, 0.2) is 0 Å². The molecule has 1 heterocycles. The first-order valence-electron chi connectivity index (χ1n) is 6.27. The van der Waals surface area contributed by atoms with Crippen molar-refractivity contribution in [1.82, 2.24) is 15.1 Å². The normalized spacial score (nSPS) is 11.7. The standard InChI is InChI=1S/C13H24N4O/c1-9-11(10(2)17(5)16-9)12(18)15-8-13(3,4)6-7-14/h6-8,14H2,1-5H3,(H,15,18). The number of carbonyl (C=O) groups excluding carboxylic acids is 1. The van der Waals surface area contributed by atoms with Crippen LogP contribution in [0.2, 0.25) is 0 Å². The van der Waals surface area contributed by atoms with Crippen LogP contribution in [-0.2, 0) is 7.05 Å². The minimum atomic E-state index is -0.0526. The highest BCUT2D eigenvalue weighted by molar-refractivity contribution is 5.96. The lowest BCUT2D eigenvalue weighted by Gasteiger charge is -2.24. The van der Waals surface area contributed by atoms with Gasteiger partial charge in [0, 0.05) is 19.3 Å². The van der Waals surface area contributed by atoms with Crippen molar-refractivity contribution in [1.29, 1.82) is 0 Å². The molecule has 5 nitrogen and oxygen atoms in total. The van der Waals surface area contributed by atoms with Gasteiger partial charge in [0.2, 0.25) is 0 Å². The summed E-state index contributed by atoms with van der Waals surface area (Å²) in [5.41, 5.74) is 7.92. The monoisotopic (exact) mass is 252 g/mol. The van der Waals surface area contributed by atoms with Crippen LogP contribution in [0.25, 0.3) is 0 Å². The Labute approximate surface area is 109 Å². The molecule has 18 heavy (non-hydrogen) atoms. The Morgan fingerprint density at radius 1 is 1.44 bits per heavy atom. The summed E-state index contributed by atoms with van der Waals surface area (Å²) >= 11 is 0. The predicted molar refractivity (Wildman–Crippen MR) is 72.5 cm³/mol. The van der Waals surface area contributed by atoms with Crippen molar-refractivity contribution in [3.05, 3.63) is 17.0 Å². The predicted octanol–water partition coefficient (Wildman–Crippen LogP) is 1.14. The Balaban J connectivity index is 2.72. The second-order valence-electron chi connectivity index (χ2n) is 5.55. The maximum absolute atomic E-state index is 12.2. The molecule has 3 N–H and O–H groups in total. The van der Waals surface area contributed by atoms with Crippen LogP contribution in [0.4, 0.5) is 0 Å². The Hall–Kier alpha value is -1.36. The molecule has 0 aliphatic heterocycles. The third-order valence-electron chi connectivity index (χ3n) is 3.28. The Morgan fingerprint density at radius 3 is 2.50 bits per heavy atom. The zero-order chi connectivity index (χ0) is 13.9. The Morgan fingerprint density at radius 2 is 2.06 bits per heavy atom. The topological polar surface area (TPSA) is 72.9 Å². The number of hydrogen-bond donors (Lipinski definition) is 2. The maximum atomic E-state index is 12.2. The van der Waals surface area contributed by atoms with Crippen LogP contribution < -0.4 is 11.1 Å². The van der Waals surface area contributed by atoms with E-state index in [0.29, 0.717) is 18.7 Å². The second-order valence-corrected chi connectivity index (χ2v) is 5.55. The van der Waals surface area contributed by atoms with Gasteiger partial charge in [-0.1, -0.05) is 13.8 Å². The number of nitrogens with zero attached hydrogens (tertiary/aromatic N) is 2. The fraction of sp³-hybridized carbons (Fsp3) is 0.692. The summed E-state index contributed by atoms with van der Waals surface area (Å²) in [6.45, 7) is 9.21. The molecule has 0 spiro atoms. The van der Waals surface area contributed by atoms with Gasteiger partial charge in [-0.2, -0.15) is 5.10 Å². The molecule has 1 aromatic heterocycles. The number of aryl methyl sites for hydroxylation is 2. The molecule has 0 radical (unpaired) electrons. The summed E-state index contributed by atoms with van der Waals surface area (Å²) in [5, 5.41) is 7.22. The summed E-state index contributed by atoms with van der Waals surface area (Å²) in [5.74, 6) is -0.0526. The zero-order valence-electron chi connectivity index (χ0n) is 12.0. The molecule has 1 aromatic rings. The van der Waals surface area contributed by atoms with Crippen molar-refractivity contribution in [3.8, 4) is 0 Å². The first-order valence-corrected chi connectivity index (χ1v) is 6.27. The van der Waals surface area contributed by atoms with Crippen molar-refractivity contribution >= 4 is 5.91 Å². The van der Waals surface area contributed by atoms with Crippen molar-refractivity contribution in [3.63, 3.8) is 0 Å². The molecule has 0 aliphatic rings. The van der Waals surface area contributed by atoms with Crippen LogP contribution in [0.5, 0.6) is 0 Å². The van der Waals surface area contributed by atoms with E-state index in [0.717, 1.165) is 17.8 Å². The summed E-state index contributed by atoms with van der Waals surface area (Å²) in [4.78, 5) is 12.2. The van der Waals surface area contributed by atoms with Crippen molar-refractivity contribution in [2.24, 2.45) is 18.2 Å². The second kappa shape index (κ2) is 5.52. The van der Waals surface area contributed by atoms with Crippen LogP contribution >= 0.6 is 0 Å². The van der Waals surface area contributed by atoms with E-state index in [-0.39, 0.29) is 11.3 Å². The summed E-state index contributed by atoms with van der Waals surface area (Å²) in [7, 11) is 1.84. The van der Waals surface area contributed by atoms with E-state index < -0.39 is 0 Å². The van der Waals surface area contributed by atoms with E-state index in [1.807, 2.05) is 20.9 Å². The van der Waals surface area contributed by atoms with E-state index >= 15 is 0 Å². The molecular formula is C13H24N4O. The average molecular weight is 252 g/mol. The highest BCUT2D eigenvalue weighted by Gasteiger charge is 2.21. The van der Waals surface area contributed by atoms with Gasteiger partial charge in [-0.3, -0.25) is 9.48 Å². The lowest BCUT2D eigenvalue weighted by molar-refractivity contribution is 0.0933. The minimum absolute atomic E-state index is 0.0223. The summed E-state index contributed by atoms with van der Waals surface area (Å²) in [6.07, 6.45) is 0.887. The number of rotatable bonds is 5. The highest BCUT2D eigenvalue weighted by atomic mass is 16.1. The van der Waals surface area contributed by atoms with Gasteiger partial charge in [-0.05, 0) is 32.2 Å². The molecule has 0 atom stereocenters. The molecular weight excluding hydrogens is 228 g/mol. The van der Waals surface area contributed by atoms with Crippen molar-refractivity contribution < 1.29 is 4.79 Å². The number of aromatic nitrogens is 2. The van der Waals surface area contributed by atoms with E-state index in [4.69, 9.17) is 5.73 Å². The fourth-order valence-electron chi connectivity index (χ4n) is 1.99. The van der Waals surface area contributed by atoms with Crippen molar-refractivity contribution in [2.75, 3.05) is 13.1 Å². The number of carbonyl (C=O) groups is 1. The van der Waals surface area contributed by atoms with Gasteiger partial charge >= 0.3 is 0 Å². The van der Waals surface area contributed by atoms with E-state index in [9.17, 15) is 4.79 Å². The third-order valence-corrected chi connectivity index (χ3v) is 3.28. The average Bonchev–Trinajstić information content (AvgIpc) is 2.50. The lowest BCUT2D eigenvalue weighted by atomic mass is 9.89. The van der Waals surface area contributed by atoms with Gasteiger partial charge in [-0.25, -0.2) is 0 Å². The smallest absolute Gasteiger partial charge is 0.255 e. The van der Waals surface area contributed by atoms with Gasteiger partial charge in [0.1, 0.15) is 0 Å². The fourth-order valence-corrected chi connectivity index (χ4v) is 1.99. The van der Waals surface area contributed by atoms with Crippen LogP contribution in [0.1, 0.15) is 42.0 Å². The molecule has 0 saturated heterocycles. The SMILES string of the molecule is Cc1nn(C)c(C)c1C(=O)NCC(C)(C)CCN. The molecule has 0 saturated carbocycles. The first kappa shape index (κ1) is 14.7. The zero-order valence-corrected chi connectivity index (χ0v) is 12.0. The Kier molecular flexibility index (Phi) is 4.51. The van der Waals surface area contributed by atoms with E-state index in [1.54, 1.807) is 4.68 Å². The molecule has 0 bridgehead atoms. The summed E-state index contributed by atoms with van der Waals surface area (Å²) < 4.78 is 1.73. The number of hydrogen-bond acceptors (Lipinski definition) is 3. The Bertz CT molecular complexity index is 434. The molecule has 1 rings (SSSR count). The number of nitrogens with one attached hydrogen (secondary N) is 1. The first-order chi connectivity index (χ1) is 8.28. The molecule has 1 amide bonds. The maximum Gasteiger partial charge on any atom is 0.255 e. The molecule has 102 valence electrons. The molecule has 5 heteroatoms. The van der Waals surface area contributed by atoms with Crippen LogP contribution in [-0.4, -0.2) is 28.8 Å². The summed E-state index contributed by atoms with van der Waals surface area (Å²) in [6, 6.07) is 0. The largest absolute Gasteiger partial charge is 0.351 e. The molecule has 0 unspecified atom stereocenters. The lowest BCUT2D eigenvalue weighted by Crippen LogP contribution is -2.35. The molecule has 0 fully saturated rings. The van der Waals surface area contributed by atoms with Gasteiger partial charge in [0.15, 0.2) is 0 Å². The van der Waals surface area contributed by atoms with Crippen LogP contribution in [0, 0.1) is 19.3 Å². The number of amides is 1. The third kappa shape index (κ3) is 3.32. The van der Waals surface area contributed by atoms with Gasteiger partial charge in [0.05, 0.1) is 11.3 Å². The van der Waals surface area contributed by atoms with Crippen molar-refractivity contribution in [2.45, 2.75) is 34.1 Å². The van der Waals surface area contributed by atoms with Gasteiger partial charge in [0.25, 0.3) is 5.91 Å². The van der Waals surface area contributed by atoms with Gasteiger partial charge in [-0.15, -0.1) is 0 Å². The minimum Gasteiger partial charge on any atom is -0.351 e. The van der Waals surface area contributed by atoms with E-state index in [2.05, 4.69) is 24.3 Å². The van der Waals surface area contributed by atoms with Gasteiger partial charge < -0.3 is 11.1 Å². The molecule has 0 aromatic carbocycles. The highest BCUT2D eigenvalue weighted by Crippen LogP contribution is 2.18. The quantitative estimate of drug-likeness (QED) is 0.825.